The first kappa shape index (κ1) is 17.5. The third-order valence-electron chi connectivity index (χ3n) is 4.04. The van der Waals surface area contributed by atoms with Gasteiger partial charge in [0, 0.05) is 23.3 Å². The normalized spacial score (nSPS) is 10.9. The summed E-state index contributed by atoms with van der Waals surface area (Å²) in [4.78, 5) is 16.7. The van der Waals surface area contributed by atoms with Crippen molar-refractivity contribution >= 4 is 22.6 Å². The van der Waals surface area contributed by atoms with E-state index in [1.54, 1.807) is 24.4 Å². The number of carbonyl (C=O) groups excluding carboxylic acids is 1. The van der Waals surface area contributed by atoms with E-state index in [1.807, 2.05) is 30.5 Å². The molecule has 132 valence electrons. The lowest BCUT2D eigenvalue weighted by molar-refractivity contribution is 0.104. The molecule has 1 aromatic heterocycles. The summed E-state index contributed by atoms with van der Waals surface area (Å²) in [7, 11) is 4.56. The van der Waals surface area contributed by atoms with Crippen molar-refractivity contribution in [3.8, 4) is 17.2 Å². The highest BCUT2D eigenvalue weighted by Crippen LogP contribution is 2.38. The van der Waals surface area contributed by atoms with Crippen LogP contribution >= 0.6 is 0 Å². The van der Waals surface area contributed by atoms with Gasteiger partial charge in [0.1, 0.15) is 0 Å². The molecule has 5 heteroatoms. The number of hydrogen-bond donors (Lipinski definition) is 0. The van der Waals surface area contributed by atoms with Crippen molar-refractivity contribution in [3.63, 3.8) is 0 Å². The van der Waals surface area contributed by atoms with Crippen molar-refractivity contribution in [1.82, 2.24) is 4.98 Å². The predicted molar refractivity (Wildman–Crippen MR) is 101 cm³/mol. The molecule has 3 aromatic rings. The zero-order valence-corrected chi connectivity index (χ0v) is 14.9. The number of nitrogens with zero attached hydrogens (tertiary/aromatic N) is 1. The first-order chi connectivity index (χ1) is 12.7. The SMILES string of the molecule is COc1cc(C(=O)/C=C/c2ccc3cnccc3c2)cc(OC)c1OC. The Kier molecular flexibility index (Phi) is 5.17. The van der Waals surface area contributed by atoms with Crippen molar-refractivity contribution in [2.45, 2.75) is 0 Å². The van der Waals surface area contributed by atoms with E-state index in [0.29, 0.717) is 22.8 Å². The molecule has 2 aromatic carbocycles. The molecule has 5 nitrogen and oxygen atoms in total. The number of ketones is 1. The highest BCUT2D eigenvalue weighted by Gasteiger charge is 2.15. The van der Waals surface area contributed by atoms with Crippen molar-refractivity contribution in [2.75, 3.05) is 21.3 Å². The summed E-state index contributed by atoms with van der Waals surface area (Å²) in [6.45, 7) is 0. The van der Waals surface area contributed by atoms with E-state index >= 15 is 0 Å². The standard InChI is InChI=1S/C21H19NO4/c1-24-19-11-17(12-20(25-2)21(19)26-3)18(23)7-5-14-4-6-16-13-22-9-8-15(16)10-14/h4-13H,1-3H3/b7-5+. The molecule has 26 heavy (non-hydrogen) atoms. The molecule has 0 spiro atoms. The molecule has 0 radical (unpaired) electrons. The van der Waals surface area contributed by atoms with Crippen LogP contribution in [-0.4, -0.2) is 32.1 Å². The maximum Gasteiger partial charge on any atom is 0.203 e. The zero-order valence-electron chi connectivity index (χ0n) is 14.9. The molecule has 0 aliphatic rings. The van der Waals surface area contributed by atoms with E-state index in [4.69, 9.17) is 14.2 Å². The largest absolute Gasteiger partial charge is 0.493 e. The van der Waals surface area contributed by atoms with Gasteiger partial charge in [0.15, 0.2) is 17.3 Å². The van der Waals surface area contributed by atoms with Gasteiger partial charge in [0.25, 0.3) is 0 Å². The summed E-state index contributed by atoms with van der Waals surface area (Å²) in [6.07, 6.45) is 6.87. The van der Waals surface area contributed by atoms with Crippen LogP contribution in [0.25, 0.3) is 16.8 Å². The van der Waals surface area contributed by atoms with Crippen LogP contribution in [0.2, 0.25) is 0 Å². The van der Waals surface area contributed by atoms with Crippen LogP contribution in [0.4, 0.5) is 0 Å². The smallest absolute Gasteiger partial charge is 0.203 e. The number of benzene rings is 2. The fraction of sp³-hybridized carbons (Fsp3) is 0.143. The van der Waals surface area contributed by atoms with E-state index in [2.05, 4.69) is 4.98 Å². The number of carbonyl (C=O) groups is 1. The molecule has 0 aliphatic carbocycles. The molecule has 0 amide bonds. The average Bonchev–Trinajstić information content (AvgIpc) is 2.70. The van der Waals surface area contributed by atoms with Gasteiger partial charge in [-0.05, 0) is 41.3 Å². The predicted octanol–water partition coefficient (Wildman–Crippen LogP) is 4.16. The molecule has 0 N–H and O–H groups in total. The van der Waals surface area contributed by atoms with Crippen LogP contribution < -0.4 is 14.2 Å². The van der Waals surface area contributed by atoms with Crippen molar-refractivity contribution < 1.29 is 19.0 Å². The van der Waals surface area contributed by atoms with Crippen LogP contribution in [0, 0.1) is 0 Å². The van der Waals surface area contributed by atoms with Crippen molar-refractivity contribution in [1.29, 1.82) is 0 Å². The number of ether oxygens (including phenoxy) is 3. The summed E-state index contributed by atoms with van der Waals surface area (Å²) in [6, 6.07) is 11.2. The Labute approximate surface area is 151 Å². The van der Waals surface area contributed by atoms with Gasteiger partial charge < -0.3 is 14.2 Å². The number of rotatable bonds is 6. The van der Waals surface area contributed by atoms with Gasteiger partial charge in [0.05, 0.1) is 21.3 Å². The lowest BCUT2D eigenvalue weighted by Crippen LogP contribution is -2.00. The second-order valence-corrected chi connectivity index (χ2v) is 5.59. The molecule has 0 unspecified atom stereocenters. The average molecular weight is 349 g/mol. The molecule has 0 saturated carbocycles. The van der Waals surface area contributed by atoms with Crippen molar-refractivity contribution in [2.24, 2.45) is 0 Å². The Morgan fingerprint density at radius 1 is 0.923 bits per heavy atom. The van der Waals surface area contributed by atoms with Gasteiger partial charge in [0.2, 0.25) is 5.75 Å². The molecule has 3 rings (SSSR count). The van der Waals surface area contributed by atoms with E-state index in [0.717, 1.165) is 16.3 Å². The molecular formula is C21H19NO4. The lowest BCUT2D eigenvalue weighted by atomic mass is 10.1. The minimum Gasteiger partial charge on any atom is -0.493 e. The highest BCUT2D eigenvalue weighted by molar-refractivity contribution is 6.07. The molecular weight excluding hydrogens is 330 g/mol. The molecule has 0 fully saturated rings. The number of allylic oxidation sites excluding steroid dienone is 1. The summed E-state index contributed by atoms with van der Waals surface area (Å²) >= 11 is 0. The highest BCUT2D eigenvalue weighted by atomic mass is 16.5. The molecule has 0 aliphatic heterocycles. The number of methoxy groups -OCH3 is 3. The lowest BCUT2D eigenvalue weighted by Gasteiger charge is -2.13. The number of pyridine rings is 1. The molecule has 1 heterocycles. The van der Waals surface area contributed by atoms with Gasteiger partial charge in [-0.15, -0.1) is 0 Å². The Balaban J connectivity index is 1.89. The second kappa shape index (κ2) is 7.70. The summed E-state index contributed by atoms with van der Waals surface area (Å²) in [5, 5.41) is 2.13. The topological polar surface area (TPSA) is 57.7 Å². The van der Waals surface area contributed by atoms with Crippen LogP contribution in [0.1, 0.15) is 15.9 Å². The van der Waals surface area contributed by atoms with Gasteiger partial charge in [-0.25, -0.2) is 0 Å². The first-order valence-corrected chi connectivity index (χ1v) is 8.02. The van der Waals surface area contributed by atoms with Gasteiger partial charge >= 0.3 is 0 Å². The second-order valence-electron chi connectivity index (χ2n) is 5.59. The maximum atomic E-state index is 12.6. The Morgan fingerprint density at radius 2 is 1.65 bits per heavy atom. The fourth-order valence-corrected chi connectivity index (χ4v) is 2.70. The fourth-order valence-electron chi connectivity index (χ4n) is 2.70. The van der Waals surface area contributed by atoms with Crippen LogP contribution in [0.5, 0.6) is 17.2 Å². The van der Waals surface area contributed by atoms with Gasteiger partial charge in [-0.3, -0.25) is 9.78 Å². The summed E-state index contributed by atoms with van der Waals surface area (Å²) in [5.41, 5.74) is 1.39. The molecule has 0 atom stereocenters. The van der Waals surface area contributed by atoms with Crippen molar-refractivity contribution in [3.05, 3.63) is 66.0 Å². The van der Waals surface area contributed by atoms with E-state index in [-0.39, 0.29) is 5.78 Å². The first-order valence-electron chi connectivity index (χ1n) is 8.02. The van der Waals surface area contributed by atoms with E-state index in [1.165, 1.54) is 27.4 Å². The Morgan fingerprint density at radius 3 is 2.31 bits per heavy atom. The van der Waals surface area contributed by atoms with Gasteiger partial charge in [-0.2, -0.15) is 0 Å². The zero-order chi connectivity index (χ0) is 18.5. The van der Waals surface area contributed by atoms with Crippen LogP contribution in [0.15, 0.2) is 54.9 Å². The van der Waals surface area contributed by atoms with Crippen LogP contribution in [-0.2, 0) is 0 Å². The van der Waals surface area contributed by atoms with E-state index < -0.39 is 0 Å². The third-order valence-corrected chi connectivity index (χ3v) is 4.04. The molecule has 0 saturated heterocycles. The maximum absolute atomic E-state index is 12.6. The summed E-state index contributed by atoms with van der Waals surface area (Å²) < 4.78 is 15.9. The van der Waals surface area contributed by atoms with Crippen LogP contribution in [0.3, 0.4) is 0 Å². The van der Waals surface area contributed by atoms with E-state index in [9.17, 15) is 4.79 Å². The number of fused-ring (bicyclic) bond motifs is 1. The number of aromatic nitrogens is 1. The third kappa shape index (κ3) is 3.52. The summed E-state index contributed by atoms with van der Waals surface area (Å²) in [5.74, 6) is 1.20. The Bertz CT molecular complexity index is 954. The quantitative estimate of drug-likeness (QED) is 0.494. The Hall–Kier alpha value is -3.34. The van der Waals surface area contributed by atoms with Gasteiger partial charge in [-0.1, -0.05) is 18.2 Å². The minimum absolute atomic E-state index is 0.154. The molecule has 0 bridgehead atoms. The number of hydrogen-bond acceptors (Lipinski definition) is 5. The monoisotopic (exact) mass is 349 g/mol. The minimum atomic E-state index is -0.154.